The molecule has 2 fully saturated rings. The van der Waals surface area contributed by atoms with Gasteiger partial charge in [-0.2, -0.15) is 0 Å². The molecule has 3 rings (SSSR count). The number of methoxy groups -OCH3 is 1. The fourth-order valence-electron chi connectivity index (χ4n) is 3.52. The maximum atomic E-state index is 12.3. The van der Waals surface area contributed by atoms with Crippen LogP contribution in [0, 0.1) is 5.92 Å². The summed E-state index contributed by atoms with van der Waals surface area (Å²) < 4.78 is 5.21. The van der Waals surface area contributed by atoms with Crippen LogP contribution in [0.5, 0.6) is 5.75 Å². The van der Waals surface area contributed by atoms with Crippen LogP contribution in [0.2, 0.25) is 0 Å². The Balaban J connectivity index is 1.61. The van der Waals surface area contributed by atoms with Crippen LogP contribution in [0.1, 0.15) is 38.5 Å². The highest BCUT2D eigenvalue weighted by Crippen LogP contribution is 2.27. The smallest absolute Gasteiger partial charge is 0.229 e. The second kappa shape index (κ2) is 7.02. The molecule has 0 bridgehead atoms. The van der Waals surface area contributed by atoms with Crippen LogP contribution in [0.15, 0.2) is 24.3 Å². The van der Waals surface area contributed by atoms with Crippen molar-refractivity contribution in [1.82, 2.24) is 5.32 Å². The van der Waals surface area contributed by atoms with E-state index < -0.39 is 0 Å². The van der Waals surface area contributed by atoms with Gasteiger partial charge in [-0.1, -0.05) is 25.3 Å². The Morgan fingerprint density at radius 1 is 1.26 bits per heavy atom. The molecule has 1 aliphatic heterocycles. The van der Waals surface area contributed by atoms with Crippen LogP contribution >= 0.6 is 0 Å². The van der Waals surface area contributed by atoms with E-state index in [2.05, 4.69) is 5.32 Å². The average Bonchev–Trinajstić information content (AvgIpc) is 2.96. The van der Waals surface area contributed by atoms with Crippen molar-refractivity contribution in [3.05, 3.63) is 24.3 Å². The first-order valence-electron chi connectivity index (χ1n) is 8.42. The van der Waals surface area contributed by atoms with Gasteiger partial charge in [0.05, 0.1) is 13.2 Å². The van der Waals surface area contributed by atoms with E-state index in [1.807, 2.05) is 24.3 Å². The van der Waals surface area contributed by atoms with Gasteiger partial charge in [-0.15, -0.1) is 0 Å². The summed E-state index contributed by atoms with van der Waals surface area (Å²) in [6, 6.07) is 7.37. The molecule has 5 heteroatoms. The van der Waals surface area contributed by atoms with Crippen molar-refractivity contribution in [2.24, 2.45) is 5.92 Å². The molecule has 1 saturated heterocycles. The van der Waals surface area contributed by atoms with E-state index in [4.69, 9.17) is 4.74 Å². The molecule has 1 aliphatic carbocycles. The van der Waals surface area contributed by atoms with Gasteiger partial charge in [0, 0.05) is 30.6 Å². The first-order valence-corrected chi connectivity index (χ1v) is 8.42. The fraction of sp³-hybridized carbons (Fsp3) is 0.556. The molecule has 1 N–H and O–H groups in total. The van der Waals surface area contributed by atoms with Crippen LogP contribution in [0.4, 0.5) is 5.69 Å². The second-order valence-electron chi connectivity index (χ2n) is 6.45. The number of benzene rings is 1. The van der Waals surface area contributed by atoms with Crippen molar-refractivity contribution in [3.63, 3.8) is 0 Å². The summed E-state index contributed by atoms with van der Waals surface area (Å²) in [7, 11) is 1.61. The van der Waals surface area contributed by atoms with Crippen LogP contribution < -0.4 is 15.0 Å². The summed E-state index contributed by atoms with van der Waals surface area (Å²) in [5.74, 6) is 1.02. The fourth-order valence-corrected chi connectivity index (χ4v) is 3.52. The third kappa shape index (κ3) is 3.66. The molecule has 1 aromatic rings. The van der Waals surface area contributed by atoms with E-state index in [0.717, 1.165) is 37.1 Å². The number of rotatable bonds is 4. The van der Waals surface area contributed by atoms with Gasteiger partial charge >= 0.3 is 0 Å². The van der Waals surface area contributed by atoms with Crippen molar-refractivity contribution in [2.75, 3.05) is 18.6 Å². The van der Waals surface area contributed by atoms with Gasteiger partial charge in [-0.05, 0) is 25.0 Å². The van der Waals surface area contributed by atoms with E-state index in [1.54, 1.807) is 12.0 Å². The van der Waals surface area contributed by atoms with Gasteiger partial charge in [-0.3, -0.25) is 9.59 Å². The zero-order valence-electron chi connectivity index (χ0n) is 13.6. The molecule has 124 valence electrons. The number of nitrogens with one attached hydrogen (secondary N) is 1. The summed E-state index contributed by atoms with van der Waals surface area (Å²) in [6.07, 6.45) is 5.83. The minimum Gasteiger partial charge on any atom is -0.497 e. The molecule has 1 atom stereocenters. The van der Waals surface area contributed by atoms with Crippen molar-refractivity contribution >= 4 is 17.5 Å². The summed E-state index contributed by atoms with van der Waals surface area (Å²) in [5.41, 5.74) is 0.823. The molecular weight excluding hydrogens is 292 g/mol. The van der Waals surface area contributed by atoms with E-state index in [-0.39, 0.29) is 23.8 Å². The van der Waals surface area contributed by atoms with E-state index in [0.29, 0.717) is 13.0 Å². The molecule has 2 amide bonds. The Bertz CT molecular complexity index is 581. The first kappa shape index (κ1) is 15.8. The Hall–Kier alpha value is -2.04. The topological polar surface area (TPSA) is 58.6 Å². The molecule has 23 heavy (non-hydrogen) atoms. The summed E-state index contributed by atoms with van der Waals surface area (Å²) in [6.45, 7) is 0.532. The Kier molecular flexibility index (Phi) is 4.84. The SMILES string of the molecule is COc1cccc(N2CC(NC(=O)C3CCCCC3)CC2=O)c1. The third-order valence-corrected chi connectivity index (χ3v) is 4.81. The van der Waals surface area contributed by atoms with Crippen molar-refractivity contribution in [2.45, 2.75) is 44.6 Å². The predicted molar refractivity (Wildman–Crippen MR) is 88.5 cm³/mol. The molecule has 1 heterocycles. The number of amides is 2. The van der Waals surface area contributed by atoms with E-state index in [9.17, 15) is 9.59 Å². The highest BCUT2D eigenvalue weighted by Gasteiger charge is 2.33. The number of hydrogen-bond donors (Lipinski definition) is 1. The van der Waals surface area contributed by atoms with Crippen LogP contribution in [0.25, 0.3) is 0 Å². The third-order valence-electron chi connectivity index (χ3n) is 4.81. The average molecular weight is 316 g/mol. The molecule has 2 aliphatic rings. The number of anilines is 1. The summed E-state index contributed by atoms with van der Waals surface area (Å²) in [4.78, 5) is 26.4. The number of ether oxygens (including phenoxy) is 1. The maximum Gasteiger partial charge on any atom is 0.229 e. The molecule has 0 radical (unpaired) electrons. The minimum absolute atomic E-state index is 0.0483. The molecule has 5 nitrogen and oxygen atoms in total. The Morgan fingerprint density at radius 3 is 2.78 bits per heavy atom. The number of nitrogens with zero attached hydrogens (tertiary/aromatic N) is 1. The van der Waals surface area contributed by atoms with Gasteiger partial charge in [0.15, 0.2) is 0 Å². The summed E-state index contributed by atoms with van der Waals surface area (Å²) in [5, 5.41) is 3.07. The van der Waals surface area contributed by atoms with Gasteiger partial charge in [0.25, 0.3) is 0 Å². The number of carbonyl (C=O) groups excluding carboxylic acids is 2. The van der Waals surface area contributed by atoms with E-state index >= 15 is 0 Å². The largest absolute Gasteiger partial charge is 0.497 e. The lowest BCUT2D eigenvalue weighted by Crippen LogP contribution is -2.41. The molecule has 1 unspecified atom stereocenters. The van der Waals surface area contributed by atoms with Gasteiger partial charge in [0.2, 0.25) is 11.8 Å². The van der Waals surface area contributed by atoms with Gasteiger partial charge in [0.1, 0.15) is 5.75 Å². The lowest BCUT2D eigenvalue weighted by Gasteiger charge is -2.23. The standard InChI is InChI=1S/C18H24N2O3/c1-23-16-9-5-8-15(11-16)20-12-14(10-17(20)21)19-18(22)13-6-3-2-4-7-13/h5,8-9,11,13-14H,2-4,6-7,10,12H2,1H3,(H,19,22). The molecular formula is C18H24N2O3. The van der Waals surface area contributed by atoms with Gasteiger partial charge in [-0.25, -0.2) is 0 Å². The van der Waals surface area contributed by atoms with Crippen LogP contribution in [0.3, 0.4) is 0 Å². The van der Waals surface area contributed by atoms with Crippen molar-refractivity contribution in [1.29, 1.82) is 0 Å². The normalized spacial score (nSPS) is 22.2. The highest BCUT2D eigenvalue weighted by atomic mass is 16.5. The molecule has 0 aromatic heterocycles. The van der Waals surface area contributed by atoms with Crippen molar-refractivity contribution < 1.29 is 14.3 Å². The summed E-state index contributed by atoms with van der Waals surface area (Å²) >= 11 is 0. The lowest BCUT2D eigenvalue weighted by atomic mass is 9.88. The van der Waals surface area contributed by atoms with Gasteiger partial charge < -0.3 is 15.0 Å². The first-order chi connectivity index (χ1) is 11.2. The zero-order valence-corrected chi connectivity index (χ0v) is 13.6. The highest BCUT2D eigenvalue weighted by molar-refractivity contribution is 5.97. The van der Waals surface area contributed by atoms with Crippen molar-refractivity contribution in [3.8, 4) is 5.75 Å². The maximum absolute atomic E-state index is 12.3. The zero-order chi connectivity index (χ0) is 16.2. The molecule has 1 aromatic carbocycles. The van der Waals surface area contributed by atoms with Crippen LogP contribution in [-0.2, 0) is 9.59 Å². The predicted octanol–water partition coefficient (Wildman–Crippen LogP) is 2.50. The molecule has 1 saturated carbocycles. The monoisotopic (exact) mass is 316 g/mol. The lowest BCUT2D eigenvalue weighted by molar-refractivity contribution is -0.126. The Morgan fingerprint density at radius 2 is 2.04 bits per heavy atom. The number of carbonyl (C=O) groups is 2. The number of hydrogen-bond acceptors (Lipinski definition) is 3. The second-order valence-corrected chi connectivity index (χ2v) is 6.45. The van der Waals surface area contributed by atoms with Crippen LogP contribution in [-0.4, -0.2) is 31.5 Å². The Labute approximate surface area is 137 Å². The van der Waals surface area contributed by atoms with E-state index in [1.165, 1.54) is 6.42 Å². The quantitative estimate of drug-likeness (QED) is 0.928. The molecule has 0 spiro atoms. The minimum atomic E-state index is -0.0943.